The van der Waals surface area contributed by atoms with Crippen LogP contribution in [0.4, 0.5) is 15.9 Å². The normalized spacial score (nSPS) is 20.0. The summed E-state index contributed by atoms with van der Waals surface area (Å²) in [5, 5.41) is 2.38. The molecule has 1 fully saturated rings. The minimum Gasteiger partial charge on any atom is -0.462 e. The van der Waals surface area contributed by atoms with Gasteiger partial charge in [-0.3, -0.25) is 4.79 Å². The van der Waals surface area contributed by atoms with Crippen molar-refractivity contribution in [2.75, 3.05) is 36.5 Å². The summed E-state index contributed by atoms with van der Waals surface area (Å²) in [6.45, 7) is 11.3. The highest BCUT2D eigenvalue weighted by molar-refractivity contribution is 6.36. The van der Waals surface area contributed by atoms with Gasteiger partial charge in [-0.1, -0.05) is 23.7 Å². The second-order valence-electron chi connectivity index (χ2n) is 14.0. The molecule has 0 spiro atoms. The third kappa shape index (κ3) is 6.11. The van der Waals surface area contributed by atoms with Crippen molar-refractivity contribution in [1.82, 2.24) is 24.4 Å². The van der Waals surface area contributed by atoms with Gasteiger partial charge in [0.15, 0.2) is 0 Å². The number of hydrogen-bond acceptors (Lipinski definition) is 9. The second kappa shape index (κ2) is 12.2. The van der Waals surface area contributed by atoms with E-state index in [0.29, 0.717) is 67.7 Å². The van der Waals surface area contributed by atoms with Crippen LogP contribution in [-0.2, 0) is 30.8 Å². The van der Waals surface area contributed by atoms with Crippen molar-refractivity contribution in [1.29, 1.82) is 0 Å². The van der Waals surface area contributed by atoms with Crippen LogP contribution in [0.15, 0.2) is 36.7 Å². The Morgan fingerprint density at radius 2 is 1.98 bits per heavy atom. The monoisotopic (exact) mass is 661 g/mol. The maximum absolute atomic E-state index is 14.7. The number of halogens is 2. The molecule has 3 aliphatic heterocycles. The smallest absolute Gasteiger partial charge is 0.318 e. The fourth-order valence-electron chi connectivity index (χ4n) is 6.84. The lowest BCUT2D eigenvalue weighted by Gasteiger charge is -2.38. The van der Waals surface area contributed by atoms with Crippen molar-refractivity contribution in [3.8, 4) is 11.8 Å². The van der Waals surface area contributed by atoms with Crippen LogP contribution in [0.3, 0.4) is 0 Å². The molecule has 3 aliphatic rings. The van der Waals surface area contributed by atoms with Gasteiger partial charge in [0.1, 0.15) is 18.2 Å². The van der Waals surface area contributed by atoms with Gasteiger partial charge >= 0.3 is 12.0 Å². The SMILES string of the molecule is C[C@@H]1Cn2cnc(F)c2CN1c1nc(OC[C@@H]2CCCN2C)nc2c1CCN(c1cc(OC(=O)C(C)(C)C)cc3cccc(Cl)c13)C2. The van der Waals surface area contributed by atoms with Crippen molar-refractivity contribution < 1.29 is 18.7 Å². The van der Waals surface area contributed by atoms with Crippen LogP contribution in [0.1, 0.15) is 57.5 Å². The summed E-state index contributed by atoms with van der Waals surface area (Å²) in [5.41, 5.74) is 2.63. The first-order valence-electron chi connectivity index (χ1n) is 16.3. The first-order valence-corrected chi connectivity index (χ1v) is 16.7. The molecule has 1 saturated heterocycles. The van der Waals surface area contributed by atoms with Gasteiger partial charge in [-0.05, 0) is 78.1 Å². The Balaban J connectivity index is 1.27. The van der Waals surface area contributed by atoms with Crippen molar-refractivity contribution in [3.63, 3.8) is 0 Å². The number of likely N-dealkylation sites (N-methyl/N-ethyl adjacent to an activating group) is 1. The summed E-state index contributed by atoms with van der Waals surface area (Å²) in [7, 11) is 2.12. The van der Waals surface area contributed by atoms with Gasteiger partial charge in [0.05, 0.1) is 46.9 Å². The highest BCUT2D eigenvalue weighted by Crippen LogP contribution is 2.41. The molecule has 0 amide bonds. The highest BCUT2D eigenvalue weighted by atomic mass is 35.5. The molecule has 0 N–H and O–H groups in total. The van der Waals surface area contributed by atoms with E-state index in [1.807, 2.05) is 55.7 Å². The van der Waals surface area contributed by atoms with Gasteiger partial charge in [0, 0.05) is 42.2 Å². The highest BCUT2D eigenvalue weighted by Gasteiger charge is 2.33. The van der Waals surface area contributed by atoms with Crippen LogP contribution in [-0.4, -0.2) is 69.2 Å². The maximum Gasteiger partial charge on any atom is 0.318 e. The average molecular weight is 662 g/mol. The molecule has 47 heavy (non-hydrogen) atoms. The van der Waals surface area contributed by atoms with E-state index in [2.05, 4.69) is 33.7 Å². The lowest BCUT2D eigenvalue weighted by atomic mass is 9.97. The molecule has 12 heteroatoms. The minimum absolute atomic E-state index is 0.0545. The van der Waals surface area contributed by atoms with E-state index in [9.17, 15) is 9.18 Å². The molecule has 248 valence electrons. The lowest BCUT2D eigenvalue weighted by Crippen LogP contribution is -2.43. The Kier molecular flexibility index (Phi) is 8.24. The Morgan fingerprint density at radius 1 is 1.15 bits per heavy atom. The number of carbonyl (C=O) groups excluding carboxylic acids is 1. The van der Waals surface area contributed by atoms with Crippen LogP contribution in [0.2, 0.25) is 5.02 Å². The summed E-state index contributed by atoms with van der Waals surface area (Å²) in [5.74, 6) is 0.482. The zero-order chi connectivity index (χ0) is 33.0. The molecule has 0 bridgehead atoms. The summed E-state index contributed by atoms with van der Waals surface area (Å²) in [6, 6.07) is 10.2. The van der Waals surface area contributed by atoms with Gasteiger partial charge in [-0.2, -0.15) is 14.4 Å². The summed E-state index contributed by atoms with van der Waals surface area (Å²) in [4.78, 5) is 33.5. The number of anilines is 2. The summed E-state index contributed by atoms with van der Waals surface area (Å²) >= 11 is 6.81. The van der Waals surface area contributed by atoms with E-state index in [-0.39, 0.29) is 12.0 Å². The number of esters is 1. The topological polar surface area (TPSA) is 88.9 Å². The predicted octanol–water partition coefficient (Wildman–Crippen LogP) is 6.01. The fraction of sp³-hybridized carbons (Fsp3) is 0.486. The van der Waals surface area contributed by atoms with Crippen LogP contribution in [0, 0.1) is 11.4 Å². The Morgan fingerprint density at radius 3 is 2.74 bits per heavy atom. The molecule has 7 rings (SSSR count). The van der Waals surface area contributed by atoms with Crippen molar-refractivity contribution in [3.05, 3.63) is 64.6 Å². The Bertz CT molecular complexity index is 1840. The van der Waals surface area contributed by atoms with E-state index < -0.39 is 11.4 Å². The number of ether oxygens (including phenoxy) is 2. The van der Waals surface area contributed by atoms with Gasteiger partial charge in [0.2, 0.25) is 5.95 Å². The summed E-state index contributed by atoms with van der Waals surface area (Å²) < 4.78 is 28.8. The molecule has 0 unspecified atom stereocenters. The Hall–Kier alpha value is -3.96. The zero-order valence-electron chi connectivity index (χ0n) is 27.6. The van der Waals surface area contributed by atoms with E-state index in [4.69, 9.17) is 31.0 Å². The first kappa shape index (κ1) is 31.6. The van der Waals surface area contributed by atoms with Crippen molar-refractivity contribution in [2.45, 2.75) is 78.7 Å². The standard InChI is InChI=1S/C35H41ClFN7O3/c1-21-16-43-20-38-31(37)29(43)18-44(21)32-25-11-13-42(17-27(25)39-34(40-32)46-19-23-9-7-12-41(23)5)28-15-24(47-33(45)35(2,3)4)14-22-8-6-10-26(36)30(22)28/h6,8,10,14-15,20-21,23H,7,9,11-13,16-19H2,1-5H3/t21-,23+/m1/s1. The predicted molar refractivity (Wildman–Crippen MR) is 180 cm³/mol. The van der Waals surface area contributed by atoms with Crippen molar-refractivity contribution in [2.24, 2.45) is 5.41 Å². The third-order valence-electron chi connectivity index (χ3n) is 9.62. The number of hydrogen-bond donors (Lipinski definition) is 0. The van der Waals surface area contributed by atoms with Gasteiger partial charge in [-0.15, -0.1) is 0 Å². The van der Waals surface area contributed by atoms with Gasteiger partial charge in [-0.25, -0.2) is 4.98 Å². The van der Waals surface area contributed by atoms with Crippen LogP contribution >= 0.6 is 11.6 Å². The van der Waals surface area contributed by atoms with Crippen LogP contribution in [0.25, 0.3) is 10.8 Å². The second-order valence-corrected chi connectivity index (χ2v) is 14.5. The quantitative estimate of drug-likeness (QED) is 0.182. The Labute approximate surface area is 279 Å². The first-order chi connectivity index (χ1) is 22.5. The number of imidazole rings is 1. The maximum atomic E-state index is 14.7. The average Bonchev–Trinajstić information content (AvgIpc) is 3.61. The molecular formula is C35H41ClFN7O3. The molecule has 0 saturated carbocycles. The van der Waals surface area contributed by atoms with Gasteiger partial charge in [0.25, 0.3) is 0 Å². The molecular weight excluding hydrogens is 621 g/mol. The van der Waals surface area contributed by atoms with Crippen molar-refractivity contribution >= 4 is 39.8 Å². The molecule has 2 aromatic heterocycles. The number of fused-ring (bicyclic) bond motifs is 3. The molecule has 2 atom stereocenters. The number of rotatable bonds is 6. The molecule has 5 heterocycles. The number of carbonyl (C=O) groups is 1. The van der Waals surface area contributed by atoms with Crippen LogP contribution in [0.5, 0.6) is 11.8 Å². The number of nitrogens with zero attached hydrogens (tertiary/aromatic N) is 7. The molecule has 0 aliphatic carbocycles. The van der Waals surface area contributed by atoms with Crippen LogP contribution < -0.4 is 19.3 Å². The minimum atomic E-state index is -0.656. The number of likely N-dealkylation sites (tertiary alicyclic amines) is 1. The zero-order valence-corrected chi connectivity index (χ0v) is 28.3. The largest absolute Gasteiger partial charge is 0.462 e. The molecule has 4 aromatic rings. The molecule has 10 nitrogen and oxygen atoms in total. The van der Waals surface area contributed by atoms with E-state index >= 15 is 0 Å². The number of aromatic nitrogens is 4. The van der Waals surface area contributed by atoms with E-state index in [1.54, 1.807) is 6.33 Å². The molecule has 2 aromatic carbocycles. The summed E-state index contributed by atoms with van der Waals surface area (Å²) in [6.07, 6.45) is 4.43. The fourth-order valence-corrected chi connectivity index (χ4v) is 7.12. The number of benzene rings is 2. The third-order valence-corrected chi connectivity index (χ3v) is 9.94. The van der Waals surface area contributed by atoms with Gasteiger partial charge < -0.3 is 28.7 Å². The van der Waals surface area contributed by atoms with E-state index in [0.717, 1.165) is 52.9 Å². The van der Waals surface area contributed by atoms with E-state index in [1.165, 1.54) is 0 Å². The molecule has 0 radical (unpaired) electrons. The lowest BCUT2D eigenvalue weighted by molar-refractivity contribution is -0.142.